The number of terminal acetylenes is 1. The van der Waals surface area contributed by atoms with Crippen molar-refractivity contribution in [1.29, 1.82) is 0 Å². The van der Waals surface area contributed by atoms with E-state index in [1.165, 1.54) is 5.56 Å². The molecule has 0 saturated heterocycles. The van der Waals surface area contributed by atoms with E-state index in [0.29, 0.717) is 5.92 Å². The van der Waals surface area contributed by atoms with Gasteiger partial charge in [-0.05, 0) is 5.56 Å². The fourth-order valence-corrected chi connectivity index (χ4v) is 1.34. The van der Waals surface area contributed by atoms with Crippen LogP contribution < -0.4 is 0 Å². The summed E-state index contributed by atoms with van der Waals surface area (Å²) < 4.78 is 0. The van der Waals surface area contributed by atoms with Gasteiger partial charge in [0.15, 0.2) is 0 Å². The largest absolute Gasteiger partial charge is 0.120 e. The monoisotopic (exact) mass is 182 g/mol. The van der Waals surface area contributed by atoms with Gasteiger partial charge in [-0.3, -0.25) is 0 Å². The third-order valence-corrected chi connectivity index (χ3v) is 2.04. The first-order valence-electron chi connectivity index (χ1n) is 4.66. The van der Waals surface area contributed by atoms with Crippen molar-refractivity contribution < 1.29 is 0 Å². The van der Waals surface area contributed by atoms with E-state index in [9.17, 15) is 0 Å². The molecule has 0 spiro atoms. The topological polar surface area (TPSA) is 0 Å². The Hall–Kier alpha value is -1.74. The van der Waals surface area contributed by atoms with Gasteiger partial charge in [0, 0.05) is 12.3 Å². The summed E-state index contributed by atoms with van der Waals surface area (Å²) in [6.45, 7) is 3.65. The Morgan fingerprint density at radius 2 is 2.07 bits per heavy atom. The molecule has 0 saturated carbocycles. The lowest BCUT2D eigenvalue weighted by Crippen LogP contribution is -1.92. The lowest BCUT2D eigenvalue weighted by Gasteiger charge is -2.08. The average molecular weight is 182 g/mol. The first kappa shape index (κ1) is 10.3. The van der Waals surface area contributed by atoms with Crippen LogP contribution in [0.1, 0.15) is 17.9 Å². The van der Waals surface area contributed by atoms with Gasteiger partial charge in [-0.1, -0.05) is 55.1 Å². The van der Waals surface area contributed by atoms with Crippen LogP contribution in [0.25, 0.3) is 0 Å². The van der Waals surface area contributed by atoms with E-state index in [4.69, 9.17) is 6.42 Å². The minimum Gasteiger partial charge on any atom is -0.120 e. The molecule has 14 heavy (non-hydrogen) atoms. The fraction of sp³-hybridized carbons (Fsp3) is 0.143. The summed E-state index contributed by atoms with van der Waals surface area (Å²) in [7, 11) is 0. The quantitative estimate of drug-likeness (QED) is 0.493. The van der Waals surface area contributed by atoms with Crippen molar-refractivity contribution >= 4 is 0 Å². The fourth-order valence-electron chi connectivity index (χ4n) is 1.34. The third kappa shape index (κ3) is 2.95. The highest BCUT2D eigenvalue weighted by molar-refractivity contribution is 5.26. The molecular weight excluding hydrogens is 168 g/mol. The van der Waals surface area contributed by atoms with Crippen LogP contribution in [-0.2, 0) is 0 Å². The minimum absolute atomic E-state index is 0.305. The first-order valence-corrected chi connectivity index (χ1v) is 4.66. The Kier molecular flexibility index (Phi) is 4.31. The summed E-state index contributed by atoms with van der Waals surface area (Å²) in [5.74, 6) is 2.99. The minimum atomic E-state index is 0.305. The molecule has 0 amide bonds. The van der Waals surface area contributed by atoms with E-state index in [1.54, 1.807) is 6.08 Å². The Morgan fingerprint density at radius 1 is 1.36 bits per heavy atom. The molecule has 70 valence electrons. The number of hydrogen-bond acceptors (Lipinski definition) is 0. The number of hydrogen-bond donors (Lipinski definition) is 0. The second-order valence-corrected chi connectivity index (χ2v) is 3.05. The molecule has 0 nitrogen and oxygen atoms in total. The van der Waals surface area contributed by atoms with E-state index in [2.05, 4.69) is 30.7 Å². The highest BCUT2D eigenvalue weighted by Crippen LogP contribution is 2.20. The van der Waals surface area contributed by atoms with Gasteiger partial charge in [-0.15, -0.1) is 12.3 Å². The van der Waals surface area contributed by atoms with E-state index < -0.39 is 0 Å². The van der Waals surface area contributed by atoms with Crippen molar-refractivity contribution in [2.75, 3.05) is 0 Å². The summed E-state index contributed by atoms with van der Waals surface area (Å²) in [5, 5.41) is 0. The number of rotatable bonds is 4. The lowest BCUT2D eigenvalue weighted by molar-refractivity contribution is 0.883. The van der Waals surface area contributed by atoms with Crippen molar-refractivity contribution in [1.82, 2.24) is 0 Å². The van der Waals surface area contributed by atoms with Gasteiger partial charge >= 0.3 is 0 Å². The molecule has 0 aromatic heterocycles. The third-order valence-electron chi connectivity index (χ3n) is 2.04. The van der Waals surface area contributed by atoms with Crippen molar-refractivity contribution in [3.63, 3.8) is 0 Å². The molecule has 0 heteroatoms. The van der Waals surface area contributed by atoms with Gasteiger partial charge in [-0.2, -0.15) is 0 Å². The van der Waals surface area contributed by atoms with Gasteiger partial charge in [0.25, 0.3) is 0 Å². The van der Waals surface area contributed by atoms with Crippen molar-refractivity contribution in [3.8, 4) is 12.3 Å². The van der Waals surface area contributed by atoms with Crippen LogP contribution in [0.5, 0.6) is 0 Å². The standard InChI is InChI=1S/C14H14/c1-3-5-10-13(9-4-2)14-11-7-6-8-12-14/h2-3,5-8,10-13H,1,9H2/b10-5+/t13-/m1/s1. The summed E-state index contributed by atoms with van der Waals surface area (Å²) in [5.41, 5.74) is 1.25. The smallest absolute Gasteiger partial charge is 0.0190 e. The van der Waals surface area contributed by atoms with Crippen LogP contribution in [0.3, 0.4) is 0 Å². The van der Waals surface area contributed by atoms with Gasteiger partial charge in [0.05, 0.1) is 0 Å². The second kappa shape index (κ2) is 5.83. The maximum Gasteiger partial charge on any atom is 0.0190 e. The SMILES string of the molecule is C#CC[C@H](/C=C/C=C)c1ccccc1. The zero-order valence-corrected chi connectivity index (χ0v) is 8.19. The van der Waals surface area contributed by atoms with Gasteiger partial charge in [0.2, 0.25) is 0 Å². The number of benzene rings is 1. The molecule has 0 N–H and O–H groups in total. The molecule has 0 heterocycles. The van der Waals surface area contributed by atoms with Crippen LogP contribution in [0.15, 0.2) is 55.1 Å². The summed E-state index contributed by atoms with van der Waals surface area (Å²) >= 11 is 0. The highest BCUT2D eigenvalue weighted by Gasteiger charge is 2.04. The molecular formula is C14H14. The average Bonchev–Trinajstić information content (AvgIpc) is 2.25. The van der Waals surface area contributed by atoms with E-state index in [1.807, 2.05) is 24.3 Å². The van der Waals surface area contributed by atoms with Crippen molar-refractivity contribution in [2.45, 2.75) is 12.3 Å². The van der Waals surface area contributed by atoms with Crippen molar-refractivity contribution in [2.24, 2.45) is 0 Å². The normalized spacial score (nSPS) is 12.2. The molecule has 0 fully saturated rings. The van der Waals surface area contributed by atoms with Crippen LogP contribution in [0.4, 0.5) is 0 Å². The van der Waals surface area contributed by atoms with Crippen molar-refractivity contribution in [3.05, 3.63) is 60.7 Å². The second-order valence-electron chi connectivity index (χ2n) is 3.05. The maximum atomic E-state index is 5.33. The lowest BCUT2D eigenvalue weighted by atomic mass is 9.96. The molecule has 0 radical (unpaired) electrons. The predicted octanol–water partition coefficient (Wildman–Crippen LogP) is 3.54. The molecule has 0 aliphatic carbocycles. The molecule has 0 aliphatic rings. The van der Waals surface area contributed by atoms with Crippen LogP contribution in [0.2, 0.25) is 0 Å². The molecule has 0 aliphatic heterocycles. The first-order chi connectivity index (χ1) is 6.88. The predicted molar refractivity (Wildman–Crippen MR) is 62.0 cm³/mol. The van der Waals surface area contributed by atoms with E-state index in [-0.39, 0.29) is 0 Å². The van der Waals surface area contributed by atoms with E-state index >= 15 is 0 Å². The Morgan fingerprint density at radius 3 is 2.64 bits per heavy atom. The van der Waals surface area contributed by atoms with Gasteiger partial charge in [-0.25, -0.2) is 0 Å². The molecule has 1 aromatic rings. The number of allylic oxidation sites excluding steroid dienone is 3. The van der Waals surface area contributed by atoms with Gasteiger partial charge < -0.3 is 0 Å². The maximum absolute atomic E-state index is 5.33. The Labute approximate surface area is 86.0 Å². The van der Waals surface area contributed by atoms with Crippen LogP contribution in [-0.4, -0.2) is 0 Å². The molecule has 0 unspecified atom stereocenters. The Balaban J connectivity index is 2.84. The molecule has 1 atom stereocenters. The zero-order valence-electron chi connectivity index (χ0n) is 8.19. The van der Waals surface area contributed by atoms with E-state index in [0.717, 1.165) is 6.42 Å². The summed E-state index contributed by atoms with van der Waals surface area (Å²) in [6.07, 6.45) is 11.9. The van der Waals surface area contributed by atoms with Crippen LogP contribution >= 0.6 is 0 Å². The summed E-state index contributed by atoms with van der Waals surface area (Å²) in [4.78, 5) is 0. The van der Waals surface area contributed by atoms with Crippen LogP contribution in [0, 0.1) is 12.3 Å². The molecule has 0 bridgehead atoms. The molecule has 1 aromatic carbocycles. The zero-order chi connectivity index (χ0) is 10.2. The highest BCUT2D eigenvalue weighted by atomic mass is 14.1. The Bertz CT molecular complexity index is 338. The molecule has 1 rings (SSSR count). The van der Waals surface area contributed by atoms with Gasteiger partial charge in [0.1, 0.15) is 0 Å². The summed E-state index contributed by atoms with van der Waals surface area (Å²) in [6, 6.07) is 10.2.